The molecule has 0 saturated heterocycles. The topological polar surface area (TPSA) is 30.5 Å². The zero-order valence-corrected chi connectivity index (χ0v) is 13.0. The van der Waals surface area contributed by atoms with E-state index in [-0.39, 0.29) is 0 Å². The summed E-state index contributed by atoms with van der Waals surface area (Å²) >= 11 is 1.89. The van der Waals surface area contributed by atoms with Gasteiger partial charge in [0.05, 0.1) is 13.2 Å². The van der Waals surface area contributed by atoms with E-state index in [0.29, 0.717) is 6.61 Å². The van der Waals surface area contributed by atoms with Gasteiger partial charge < -0.3 is 14.8 Å². The van der Waals surface area contributed by atoms with Crippen molar-refractivity contribution in [3.8, 4) is 11.5 Å². The number of ether oxygens (including phenoxy) is 2. The first-order valence-electron chi connectivity index (χ1n) is 6.98. The van der Waals surface area contributed by atoms with Crippen molar-refractivity contribution in [3.63, 3.8) is 0 Å². The zero-order valence-electron chi connectivity index (χ0n) is 12.2. The lowest BCUT2D eigenvalue weighted by Gasteiger charge is -2.13. The van der Waals surface area contributed by atoms with Crippen LogP contribution in [-0.4, -0.2) is 31.3 Å². The Morgan fingerprint density at radius 3 is 2.63 bits per heavy atom. The molecule has 0 spiro atoms. The van der Waals surface area contributed by atoms with Gasteiger partial charge in [0.1, 0.15) is 0 Å². The first kappa shape index (κ1) is 16.2. The van der Waals surface area contributed by atoms with Crippen LogP contribution < -0.4 is 14.8 Å². The molecule has 0 aliphatic rings. The van der Waals surface area contributed by atoms with Crippen molar-refractivity contribution in [2.75, 3.05) is 31.3 Å². The molecular weight excluding hydrogens is 258 g/mol. The summed E-state index contributed by atoms with van der Waals surface area (Å²) in [6.45, 7) is 9.47. The van der Waals surface area contributed by atoms with Gasteiger partial charge in [-0.3, -0.25) is 0 Å². The Balaban J connectivity index is 2.62. The predicted molar refractivity (Wildman–Crippen MR) is 83.5 cm³/mol. The van der Waals surface area contributed by atoms with Crippen LogP contribution in [0.15, 0.2) is 18.2 Å². The molecule has 1 aromatic rings. The van der Waals surface area contributed by atoms with Crippen LogP contribution in [0.5, 0.6) is 11.5 Å². The van der Waals surface area contributed by atoms with Gasteiger partial charge in [0.25, 0.3) is 0 Å². The molecule has 1 aromatic carbocycles. The van der Waals surface area contributed by atoms with Gasteiger partial charge >= 0.3 is 0 Å². The fraction of sp³-hybridized carbons (Fsp3) is 0.600. The second kappa shape index (κ2) is 9.98. The third-order valence-electron chi connectivity index (χ3n) is 2.58. The van der Waals surface area contributed by atoms with Crippen LogP contribution in [0.4, 0.5) is 0 Å². The van der Waals surface area contributed by atoms with Crippen molar-refractivity contribution in [1.82, 2.24) is 5.32 Å². The summed E-state index contributed by atoms with van der Waals surface area (Å²) in [6.07, 6.45) is 0. The molecule has 108 valence electrons. The summed E-state index contributed by atoms with van der Waals surface area (Å²) in [7, 11) is 0. The first-order valence-corrected chi connectivity index (χ1v) is 8.14. The average molecular weight is 283 g/mol. The Labute approximate surface area is 121 Å². The van der Waals surface area contributed by atoms with E-state index in [1.54, 1.807) is 0 Å². The SMILES string of the molecule is CCNCc1ccc(OCCSCC)c(OCC)c1. The summed E-state index contributed by atoms with van der Waals surface area (Å²) in [5.41, 5.74) is 1.22. The van der Waals surface area contributed by atoms with Crippen LogP contribution in [0.25, 0.3) is 0 Å². The van der Waals surface area contributed by atoms with Gasteiger partial charge in [-0.25, -0.2) is 0 Å². The Morgan fingerprint density at radius 1 is 1.11 bits per heavy atom. The lowest BCUT2D eigenvalue weighted by Crippen LogP contribution is -2.12. The lowest BCUT2D eigenvalue weighted by atomic mass is 10.2. The minimum Gasteiger partial charge on any atom is -0.490 e. The highest BCUT2D eigenvalue weighted by molar-refractivity contribution is 7.99. The fourth-order valence-corrected chi connectivity index (χ4v) is 2.16. The summed E-state index contributed by atoms with van der Waals surface area (Å²) in [6, 6.07) is 6.16. The van der Waals surface area contributed by atoms with Gasteiger partial charge in [-0.1, -0.05) is 19.9 Å². The molecule has 19 heavy (non-hydrogen) atoms. The molecule has 0 bridgehead atoms. The van der Waals surface area contributed by atoms with Gasteiger partial charge in [0.2, 0.25) is 0 Å². The fourth-order valence-electron chi connectivity index (χ4n) is 1.67. The summed E-state index contributed by atoms with van der Waals surface area (Å²) in [5, 5.41) is 3.31. The zero-order chi connectivity index (χ0) is 13.9. The maximum Gasteiger partial charge on any atom is 0.161 e. The van der Waals surface area contributed by atoms with E-state index < -0.39 is 0 Å². The van der Waals surface area contributed by atoms with Gasteiger partial charge in [-0.05, 0) is 36.9 Å². The standard InChI is InChI=1S/C15H25NO2S/c1-4-16-12-13-7-8-14(15(11-13)17-5-2)18-9-10-19-6-3/h7-8,11,16H,4-6,9-10,12H2,1-3H3. The molecule has 0 unspecified atom stereocenters. The molecule has 0 fully saturated rings. The summed E-state index contributed by atoms with van der Waals surface area (Å²) in [4.78, 5) is 0. The first-order chi connectivity index (χ1) is 9.31. The van der Waals surface area contributed by atoms with Crippen LogP contribution in [0.1, 0.15) is 26.3 Å². The van der Waals surface area contributed by atoms with E-state index in [2.05, 4.69) is 31.3 Å². The quantitative estimate of drug-likeness (QED) is 0.667. The van der Waals surface area contributed by atoms with Gasteiger partial charge in [-0.15, -0.1) is 0 Å². The molecule has 0 saturated carbocycles. The highest BCUT2D eigenvalue weighted by atomic mass is 32.2. The molecule has 0 aromatic heterocycles. The Hall–Kier alpha value is -0.870. The highest BCUT2D eigenvalue weighted by Gasteiger charge is 2.06. The van der Waals surface area contributed by atoms with Crippen molar-refractivity contribution in [3.05, 3.63) is 23.8 Å². The number of hydrogen-bond donors (Lipinski definition) is 1. The molecule has 0 radical (unpaired) electrons. The maximum atomic E-state index is 5.78. The highest BCUT2D eigenvalue weighted by Crippen LogP contribution is 2.28. The second-order valence-electron chi connectivity index (χ2n) is 4.04. The monoisotopic (exact) mass is 283 g/mol. The maximum absolute atomic E-state index is 5.78. The average Bonchev–Trinajstić information content (AvgIpc) is 2.43. The third kappa shape index (κ3) is 6.21. The minimum absolute atomic E-state index is 0.657. The molecule has 0 aliphatic carbocycles. The van der Waals surface area contributed by atoms with E-state index >= 15 is 0 Å². The third-order valence-corrected chi connectivity index (χ3v) is 3.44. The summed E-state index contributed by atoms with van der Waals surface area (Å²) < 4.78 is 11.4. The van der Waals surface area contributed by atoms with E-state index in [1.807, 2.05) is 24.8 Å². The molecular formula is C15H25NO2S. The van der Waals surface area contributed by atoms with Crippen molar-refractivity contribution < 1.29 is 9.47 Å². The van der Waals surface area contributed by atoms with Crippen molar-refractivity contribution in [1.29, 1.82) is 0 Å². The molecule has 3 nitrogen and oxygen atoms in total. The van der Waals surface area contributed by atoms with Crippen molar-refractivity contribution in [2.24, 2.45) is 0 Å². The number of thioether (sulfide) groups is 1. The molecule has 0 atom stereocenters. The van der Waals surface area contributed by atoms with Crippen LogP contribution in [0.2, 0.25) is 0 Å². The van der Waals surface area contributed by atoms with E-state index in [9.17, 15) is 0 Å². The molecule has 0 amide bonds. The van der Waals surface area contributed by atoms with Gasteiger partial charge in [0.15, 0.2) is 11.5 Å². The van der Waals surface area contributed by atoms with Crippen molar-refractivity contribution in [2.45, 2.75) is 27.3 Å². The minimum atomic E-state index is 0.657. The molecule has 4 heteroatoms. The van der Waals surface area contributed by atoms with Gasteiger partial charge in [-0.2, -0.15) is 11.8 Å². The van der Waals surface area contributed by atoms with E-state index in [0.717, 1.165) is 42.7 Å². The van der Waals surface area contributed by atoms with Gasteiger partial charge in [0, 0.05) is 12.3 Å². The van der Waals surface area contributed by atoms with Crippen LogP contribution in [0.3, 0.4) is 0 Å². The number of rotatable bonds is 10. The number of benzene rings is 1. The predicted octanol–water partition coefficient (Wildman–Crippen LogP) is 3.33. The Kier molecular flexibility index (Phi) is 8.50. The molecule has 1 rings (SSSR count). The van der Waals surface area contributed by atoms with Crippen LogP contribution >= 0.6 is 11.8 Å². The second-order valence-corrected chi connectivity index (χ2v) is 5.43. The summed E-state index contributed by atoms with van der Waals surface area (Å²) in [5.74, 6) is 3.84. The number of nitrogens with one attached hydrogen (secondary N) is 1. The van der Waals surface area contributed by atoms with E-state index in [1.165, 1.54) is 5.56 Å². The van der Waals surface area contributed by atoms with Crippen LogP contribution in [-0.2, 0) is 6.54 Å². The lowest BCUT2D eigenvalue weighted by molar-refractivity contribution is 0.289. The molecule has 0 heterocycles. The molecule has 0 aliphatic heterocycles. The van der Waals surface area contributed by atoms with Crippen LogP contribution in [0, 0.1) is 0 Å². The Bertz CT molecular complexity index is 358. The van der Waals surface area contributed by atoms with E-state index in [4.69, 9.17) is 9.47 Å². The Morgan fingerprint density at radius 2 is 1.95 bits per heavy atom. The smallest absolute Gasteiger partial charge is 0.161 e. The van der Waals surface area contributed by atoms with Crippen molar-refractivity contribution >= 4 is 11.8 Å². The normalized spacial score (nSPS) is 10.5. The number of hydrogen-bond acceptors (Lipinski definition) is 4. The largest absolute Gasteiger partial charge is 0.490 e. The molecule has 1 N–H and O–H groups in total.